The number of pyridine rings is 1. The first-order valence-corrected chi connectivity index (χ1v) is 6.28. The molecule has 0 aromatic carbocycles. The van der Waals surface area contributed by atoms with E-state index in [9.17, 15) is 4.79 Å². The summed E-state index contributed by atoms with van der Waals surface area (Å²) in [5.41, 5.74) is 3.55. The van der Waals surface area contributed by atoms with Gasteiger partial charge in [0.1, 0.15) is 0 Å². The van der Waals surface area contributed by atoms with Gasteiger partial charge in [0.15, 0.2) is 0 Å². The summed E-state index contributed by atoms with van der Waals surface area (Å²) in [6.07, 6.45) is 4.25. The van der Waals surface area contributed by atoms with Crippen molar-refractivity contribution in [1.82, 2.24) is 15.3 Å². The van der Waals surface area contributed by atoms with E-state index in [1.54, 1.807) is 12.3 Å². The van der Waals surface area contributed by atoms with Gasteiger partial charge < -0.3 is 0 Å². The Morgan fingerprint density at radius 3 is 2.83 bits per heavy atom. The zero-order chi connectivity index (χ0) is 13.1. The second-order valence-corrected chi connectivity index (χ2v) is 5.00. The molecule has 1 aromatic heterocycles. The fourth-order valence-electron chi connectivity index (χ4n) is 2.07. The molecule has 98 valence electrons. The predicted molar refractivity (Wildman–Crippen MR) is 69.5 cm³/mol. The summed E-state index contributed by atoms with van der Waals surface area (Å²) in [7, 11) is 2.12. The van der Waals surface area contributed by atoms with Crippen molar-refractivity contribution in [2.24, 2.45) is 11.8 Å². The molecule has 1 aliphatic rings. The molecule has 0 radical (unpaired) electrons. The highest BCUT2D eigenvalue weighted by Crippen LogP contribution is 2.34. The number of aromatic nitrogens is 1. The number of hydrazine groups is 1. The fraction of sp³-hybridized carbons (Fsp3) is 0.538. The summed E-state index contributed by atoms with van der Waals surface area (Å²) < 4.78 is 0. The van der Waals surface area contributed by atoms with Crippen LogP contribution in [0, 0.1) is 5.92 Å². The third-order valence-corrected chi connectivity index (χ3v) is 3.63. The van der Waals surface area contributed by atoms with Crippen molar-refractivity contribution >= 4 is 5.91 Å². The maximum Gasteiger partial charge on any atom is 0.266 e. The van der Waals surface area contributed by atoms with Crippen molar-refractivity contribution in [2.45, 2.75) is 32.4 Å². The molecule has 0 aliphatic heterocycles. The summed E-state index contributed by atoms with van der Waals surface area (Å²) in [5, 5.41) is 0. The highest BCUT2D eigenvalue weighted by Gasteiger charge is 2.30. The van der Waals surface area contributed by atoms with Crippen LogP contribution in [0.5, 0.6) is 0 Å². The molecule has 2 rings (SSSR count). The average Bonchev–Trinajstić information content (AvgIpc) is 3.22. The standard InChI is InChI=1S/C13H20N4O/c1-9(10-3-4-10)17(2)8-12-6-5-11(7-15-12)13(18)16-14/h5-7,9-10H,3-4,8,14H2,1-2H3,(H,16,18). The Morgan fingerprint density at radius 1 is 1.61 bits per heavy atom. The SMILES string of the molecule is CC(C1CC1)N(C)Cc1ccc(C(=O)NN)cn1. The van der Waals surface area contributed by atoms with Crippen molar-refractivity contribution in [3.8, 4) is 0 Å². The van der Waals surface area contributed by atoms with Crippen LogP contribution in [0.3, 0.4) is 0 Å². The van der Waals surface area contributed by atoms with Crippen molar-refractivity contribution in [2.75, 3.05) is 7.05 Å². The largest absolute Gasteiger partial charge is 0.298 e. The van der Waals surface area contributed by atoms with Gasteiger partial charge in [-0.15, -0.1) is 0 Å². The molecule has 5 nitrogen and oxygen atoms in total. The number of carbonyl (C=O) groups is 1. The Balaban J connectivity index is 1.95. The monoisotopic (exact) mass is 248 g/mol. The number of rotatable bonds is 5. The van der Waals surface area contributed by atoms with Gasteiger partial charge >= 0.3 is 0 Å². The normalized spacial score (nSPS) is 16.7. The summed E-state index contributed by atoms with van der Waals surface area (Å²) in [6.45, 7) is 3.07. The summed E-state index contributed by atoms with van der Waals surface area (Å²) in [5.74, 6) is 5.60. The maximum atomic E-state index is 11.3. The number of amides is 1. The van der Waals surface area contributed by atoms with Crippen molar-refractivity contribution in [3.63, 3.8) is 0 Å². The second kappa shape index (κ2) is 5.46. The van der Waals surface area contributed by atoms with Gasteiger partial charge in [-0.2, -0.15) is 0 Å². The van der Waals surface area contributed by atoms with E-state index in [1.807, 2.05) is 6.07 Å². The minimum Gasteiger partial charge on any atom is -0.298 e. The van der Waals surface area contributed by atoms with E-state index < -0.39 is 0 Å². The molecule has 1 heterocycles. The number of nitrogens with two attached hydrogens (primary N) is 1. The summed E-state index contributed by atoms with van der Waals surface area (Å²) >= 11 is 0. The van der Waals surface area contributed by atoms with Crippen LogP contribution in [-0.4, -0.2) is 28.9 Å². The van der Waals surface area contributed by atoms with E-state index in [-0.39, 0.29) is 5.91 Å². The zero-order valence-corrected chi connectivity index (χ0v) is 10.9. The smallest absolute Gasteiger partial charge is 0.266 e. The van der Waals surface area contributed by atoms with E-state index in [0.29, 0.717) is 11.6 Å². The fourth-order valence-corrected chi connectivity index (χ4v) is 2.07. The number of carbonyl (C=O) groups excluding carboxylic acids is 1. The third-order valence-electron chi connectivity index (χ3n) is 3.63. The molecule has 1 saturated carbocycles. The molecule has 5 heteroatoms. The maximum absolute atomic E-state index is 11.3. The van der Waals surface area contributed by atoms with Gasteiger partial charge in [-0.3, -0.25) is 20.1 Å². The van der Waals surface area contributed by atoms with Gasteiger partial charge in [-0.1, -0.05) is 0 Å². The Morgan fingerprint density at radius 2 is 2.33 bits per heavy atom. The first-order valence-electron chi connectivity index (χ1n) is 6.28. The van der Waals surface area contributed by atoms with Crippen LogP contribution in [0.2, 0.25) is 0 Å². The Bertz CT molecular complexity index is 414. The average molecular weight is 248 g/mol. The lowest BCUT2D eigenvalue weighted by atomic mass is 10.2. The summed E-state index contributed by atoms with van der Waals surface area (Å²) in [6, 6.07) is 4.22. The van der Waals surface area contributed by atoms with Gasteiger partial charge in [0.2, 0.25) is 0 Å². The molecular weight excluding hydrogens is 228 g/mol. The molecular formula is C13H20N4O. The lowest BCUT2D eigenvalue weighted by Gasteiger charge is -2.24. The molecule has 1 amide bonds. The van der Waals surface area contributed by atoms with Crippen LogP contribution in [0.25, 0.3) is 0 Å². The van der Waals surface area contributed by atoms with Crippen LogP contribution in [0.15, 0.2) is 18.3 Å². The Kier molecular flexibility index (Phi) is 3.93. The Hall–Kier alpha value is -1.46. The van der Waals surface area contributed by atoms with E-state index in [4.69, 9.17) is 5.84 Å². The van der Waals surface area contributed by atoms with Crippen molar-refractivity contribution < 1.29 is 4.79 Å². The number of nitrogen functional groups attached to an aromatic ring is 1. The predicted octanol–water partition coefficient (Wildman–Crippen LogP) is 0.915. The van der Waals surface area contributed by atoms with E-state index in [0.717, 1.165) is 18.2 Å². The van der Waals surface area contributed by atoms with E-state index in [2.05, 4.69) is 29.3 Å². The van der Waals surface area contributed by atoms with Crippen molar-refractivity contribution in [3.05, 3.63) is 29.6 Å². The first-order chi connectivity index (χ1) is 8.61. The highest BCUT2D eigenvalue weighted by atomic mass is 16.2. The van der Waals surface area contributed by atoms with Crippen LogP contribution in [0.4, 0.5) is 0 Å². The van der Waals surface area contributed by atoms with Gasteiger partial charge in [-0.05, 0) is 44.9 Å². The molecule has 1 atom stereocenters. The van der Waals surface area contributed by atoms with Gasteiger partial charge in [-0.25, -0.2) is 5.84 Å². The lowest BCUT2D eigenvalue weighted by Crippen LogP contribution is -2.31. The number of hydrogen-bond acceptors (Lipinski definition) is 4. The molecule has 1 aromatic rings. The molecule has 0 spiro atoms. The van der Waals surface area contributed by atoms with Crippen molar-refractivity contribution in [1.29, 1.82) is 0 Å². The third kappa shape index (κ3) is 3.05. The summed E-state index contributed by atoms with van der Waals surface area (Å²) in [4.78, 5) is 17.9. The zero-order valence-electron chi connectivity index (χ0n) is 10.9. The van der Waals surface area contributed by atoms with Crippen LogP contribution < -0.4 is 11.3 Å². The number of nitrogens with one attached hydrogen (secondary N) is 1. The second-order valence-electron chi connectivity index (χ2n) is 5.00. The quantitative estimate of drug-likeness (QED) is 0.462. The topological polar surface area (TPSA) is 71.2 Å². The Labute approximate surface area is 107 Å². The minimum absolute atomic E-state index is 0.311. The number of nitrogens with zero attached hydrogens (tertiary/aromatic N) is 2. The van der Waals surface area contributed by atoms with Crippen LogP contribution in [-0.2, 0) is 6.54 Å². The van der Waals surface area contributed by atoms with E-state index >= 15 is 0 Å². The molecule has 0 bridgehead atoms. The van der Waals surface area contributed by atoms with Crippen LogP contribution >= 0.6 is 0 Å². The highest BCUT2D eigenvalue weighted by molar-refractivity contribution is 5.93. The minimum atomic E-state index is -0.311. The van der Waals surface area contributed by atoms with Gasteiger partial charge in [0.05, 0.1) is 11.3 Å². The molecule has 1 fully saturated rings. The van der Waals surface area contributed by atoms with Crippen LogP contribution in [0.1, 0.15) is 35.8 Å². The lowest BCUT2D eigenvalue weighted by molar-refractivity contribution is 0.0953. The van der Waals surface area contributed by atoms with E-state index in [1.165, 1.54) is 12.8 Å². The molecule has 1 aliphatic carbocycles. The van der Waals surface area contributed by atoms with Gasteiger partial charge in [0.25, 0.3) is 5.91 Å². The molecule has 1 unspecified atom stereocenters. The first kappa shape index (κ1) is 13.0. The molecule has 18 heavy (non-hydrogen) atoms. The molecule has 0 saturated heterocycles. The van der Waals surface area contributed by atoms with Gasteiger partial charge in [0, 0.05) is 18.8 Å². The number of hydrogen-bond donors (Lipinski definition) is 2. The molecule has 3 N–H and O–H groups in total.